The number of azo groups is 1. The number of fused-ring (bicyclic) bond motifs is 4. The predicted octanol–water partition coefficient (Wildman–Crippen LogP) is 5.99. The van der Waals surface area contributed by atoms with E-state index >= 15 is 0 Å². The molecule has 109 heavy (non-hydrogen) atoms. The fourth-order valence-corrected chi connectivity index (χ4v) is 12.6. The molecule has 8 rings (SSSR count). The summed E-state index contributed by atoms with van der Waals surface area (Å²) in [6.45, 7) is 2.09. The van der Waals surface area contributed by atoms with Crippen LogP contribution in [0.25, 0.3) is 21.9 Å². The van der Waals surface area contributed by atoms with Crippen molar-refractivity contribution in [2.75, 3.05) is 57.1 Å². The van der Waals surface area contributed by atoms with Crippen LogP contribution in [0.4, 0.5) is 27.5 Å². The fraction of sp³-hybridized carbons (Fsp3) is 0.316. The van der Waals surface area contributed by atoms with Crippen molar-refractivity contribution in [2.24, 2.45) is 16.1 Å². The maximum atomic E-state index is 14.4. The molecule has 33 heteroatoms. The van der Waals surface area contributed by atoms with Crippen molar-refractivity contribution < 1.29 is 90.6 Å². The molecule has 574 valence electrons. The summed E-state index contributed by atoms with van der Waals surface area (Å²) in [4.78, 5) is 163. The Labute approximate surface area is 626 Å². The van der Waals surface area contributed by atoms with Gasteiger partial charge in [0.15, 0.2) is 0 Å². The monoisotopic (exact) mass is 1520 g/mol. The molecule has 0 spiro atoms. The number of nitrogens with zero attached hydrogens (tertiary/aromatic N) is 3. The minimum absolute atomic E-state index is 0.0121. The largest absolute Gasteiger partial charge is 0.481 e. The third-order valence-electron chi connectivity index (χ3n) is 17.5. The number of hydrogen-bond acceptors (Lipinski definition) is 19. The van der Waals surface area contributed by atoms with Crippen LogP contribution in [0.5, 0.6) is 0 Å². The van der Waals surface area contributed by atoms with Crippen LogP contribution in [0.15, 0.2) is 179 Å². The number of nitrogens with one attached hydrogen (secondary N) is 10. The van der Waals surface area contributed by atoms with Gasteiger partial charge in [-0.25, -0.2) is 9.59 Å². The van der Waals surface area contributed by atoms with Gasteiger partial charge < -0.3 is 78.1 Å². The Balaban J connectivity index is 0.859. The van der Waals surface area contributed by atoms with Crippen molar-refractivity contribution in [3.8, 4) is 11.1 Å². The van der Waals surface area contributed by atoms with Gasteiger partial charge in [-0.15, -0.1) is 0 Å². The Bertz CT molecular complexity index is 4580. The molecule has 0 heterocycles. The number of alkyl carbamates (subject to hydrolysis) is 1. The number of carbonyl (C=O) groups is 12. The fourth-order valence-electron chi connectivity index (χ4n) is 11.9. The average Bonchev–Trinajstić information content (AvgIpc) is 1.66. The molecule has 14 N–H and O–H groups in total. The first-order chi connectivity index (χ1) is 52.0. The molecule has 0 saturated carbocycles. The number of rotatable bonds is 39. The minimum atomic E-state index is -4.55. The smallest absolute Gasteiger partial charge is 0.407 e. The quantitative estimate of drug-likeness (QED) is 0.0120. The van der Waals surface area contributed by atoms with E-state index in [-0.39, 0.29) is 80.1 Å². The maximum absolute atomic E-state index is 14.4. The van der Waals surface area contributed by atoms with Crippen molar-refractivity contribution in [3.63, 3.8) is 0 Å². The van der Waals surface area contributed by atoms with Crippen molar-refractivity contribution in [1.82, 2.24) is 47.9 Å². The number of ether oxygens (including phenoxy) is 1. The van der Waals surface area contributed by atoms with Crippen LogP contribution in [0.2, 0.25) is 0 Å². The lowest BCUT2D eigenvalue weighted by atomic mass is 9.98. The van der Waals surface area contributed by atoms with Crippen LogP contribution in [-0.2, 0) is 62.8 Å². The van der Waals surface area contributed by atoms with Gasteiger partial charge in [-0.2, -0.15) is 18.6 Å². The van der Waals surface area contributed by atoms with Crippen LogP contribution in [0, 0.1) is 5.92 Å². The normalized spacial score (nSPS) is 13.3. The molecule has 0 radical (unpaired) electrons. The van der Waals surface area contributed by atoms with Gasteiger partial charge in [0.25, 0.3) is 16.0 Å². The second kappa shape index (κ2) is 39.1. The highest BCUT2D eigenvalue weighted by atomic mass is 32.2. The predicted molar refractivity (Wildman–Crippen MR) is 399 cm³/mol. The molecule has 0 unspecified atom stereocenters. The van der Waals surface area contributed by atoms with E-state index in [4.69, 9.17) is 4.74 Å². The van der Waals surface area contributed by atoms with Crippen LogP contribution in [0.1, 0.15) is 97.8 Å². The number of carboxylic acids is 3. The van der Waals surface area contributed by atoms with Gasteiger partial charge in [-0.1, -0.05) is 117 Å². The zero-order chi connectivity index (χ0) is 78.9. The SMILES string of the molecule is CC(C)[C@H](NC(=O)[C@@H](NC(=O)[C@H](CC(=O)O)NC(=O)CNC(=O)[C@H](CCC(=O)NCCNc1cccc2c(S(=O)(=O)O)cccc12)NC(=O)OCC1c2ccccc2-c2ccccc21)c1ccccc1)C(=O)N[C@@H](CC(=O)O)C(=O)N[C@@H](CCCCNC(=O)c1ccc(/N=N/c2ccc(N(C)C)cc2)cc1)C(=O)O. The number of unbranched alkanes of at least 4 members (excludes halogenated alkanes) is 1. The second-order valence-electron chi connectivity index (χ2n) is 26.0. The van der Waals surface area contributed by atoms with Crippen LogP contribution in [0.3, 0.4) is 0 Å². The number of anilines is 2. The Morgan fingerprint density at radius 2 is 1.09 bits per heavy atom. The van der Waals surface area contributed by atoms with E-state index in [2.05, 4.69) is 63.4 Å². The van der Waals surface area contributed by atoms with Gasteiger partial charge in [-0.3, -0.25) is 52.5 Å². The molecule has 1 aliphatic carbocycles. The number of amides is 9. The summed E-state index contributed by atoms with van der Waals surface area (Å²) in [5.41, 5.74) is 6.67. The molecule has 0 aromatic heterocycles. The molecule has 9 amide bonds. The third-order valence-corrected chi connectivity index (χ3v) is 18.4. The number of aliphatic carboxylic acids is 3. The zero-order valence-corrected chi connectivity index (χ0v) is 60.7. The van der Waals surface area contributed by atoms with Gasteiger partial charge in [0.2, 0.25) is 41.4 Å². The number of carboxylic acid groups (broad SMARTS) is 3. The number of hydrogen-bond donors (Lipinski definition) is 14. The summed E-state index contributed by atoms with van der Waals surface area (Å²) >= 11 is 0. The van der Waals surface area contributed by atoms with Crippen LogP contribution in [-0.4, -0.2) is 177 Å². The van der Waals surface area contributed by atoms with E-state index < -0.39 is 143 Å². The molecule has 0 bridgehead atoms. The van der Waals surface area contributed by atoms with Gasteiger partial charge in [0.1, 0.15) is 47.8 Å². The lowest BCUT2D eigenvalue weighted by Crippen LogP contribution is -2.58. The molecule has 7 aromatic rings. The first kappa shape index (κ1) is 82.0. The van der Waals surface area contributed by atoms with Crippen molar-refractivity contribution in [1.29, 1.82) is 0 Å². The van der Waals surface area contributed by atoms with Crippen LogP contribution < -0.4 is 58.1 Å². The average molecular weight is 1520 g/mol. The molecule has 6 atom stereocenters. The Hall–Kier alpha value is -12.7. The molecular weight excluding hydrogens is 1430 g/mol. The molecule has 0 aliphatic heterocycles. The van der Waals surface area contributed by atoms with Gasteiger partial charge in [0, 0.05) is 73.8 Å². The van der Waals surface area contributed by atoms with E-state index in [1.54, 1.807) is 48.5 Å². The first-order valence-electron chi connectivity index (χ1n) is 34.7. The van der Waals surface area contributed by atoms with Crippen molar-refractivity contribution in [2.45, 2.75) is 106 Å². The molecular formula is C76H85N13O19S. The summed E-state index contributed by atoms with van der Waals surface area (Å²) < 4.78 is 39.5. The summed E-state index contributed by atoms with van der Waals surface area (Å²) in [5, 5.41) is 64.1. The first-order valence-corrected chi connectivity index (χ1v) is 36.2. The summed E-state index contributed by atoms with van der Waals surface area (Å²) in [5.74, 6) is -13.7. The molecule has 0 saturated heterocycles. The zero-order valence-electron chi connectivity index (χ0n) is 59.9. The van der Waals surface area contributed by atoms with Crippen LogP contribution >= 0.6 is 0 Å². The van der Waals surface area contributed by atoms with E-state index in [9.17, 15) is 85.8 Å². The highest BCUT2D eigenvalue weighted by molar-refractivity contribution is 7.86. The lowest BCUT2D eigenvalue weighted by molar-refractivity contribution is -0.144. The number of carbonyl (C=O) groups excluding carboxylic acids is 9. The van der Waals surface area contributed by atoms with Crippen molar-refractivity contribution >= 4 is 115 Å². The standard InChI is InChI=1S/C76H85N13O19S/c1-44(2)67(73(100)83-61(41-66(94)95)71(98)82-59(75(102)103)24-12-13-37-79-69(96)46-27-29-47(30-28-46)87-88-48-31-33-49(34-32-48)89(3)4)85-74(101)68(45-16-6-5-7-17-45)86-72(99)60(40-65(92)93)81-64(91)42-80-70(97)58(84-76(104)108-43-56-52-20-10-8-18-50(52)51-19-9-11-21-53(51)56)35-36-63(90)78-39-38-77-57-25-14-23-55-54(57)22-15-26-62(55)109(105,106)107/h5-11,14-23,25-34,44,56,58-61,67-68,77H,12-13,24,35-43H2,1-4H3,(H,78,90)(H,79,96)(H,80,97)(H,81,91)(H,82,98)(H,83,100)(H,84,104)(H,85,101)(H,86,99)(H,92,93)(H,94,95)(H,102,103)(H,105,106,107)/b88-87+/t58-,59-,60-,61-,67-,68-/m0/s1. The molecule has 1 aliphatic rings. The number of benzene rings is 7. The minimum Gasteiger partial charge on any atom is -0.481 e. The van der Waals surface area contributed by atoms with Gasteiger partial charge >= 0.3 is 24.0 Å². The Kier molecular flexibility index (Phi) is 29.4. The van der Waals surface area contributed by atoms with E-state index in [1.165, 1.54) is 56.3 Å². The van der Waals surface area contributed by atoms with E-state index in [1.807, 2.05) is 91.8 Å². The van der Waals surface area contributed by atoms with E-state index in [0.717, 1.165) is 27.9 Å². The summed E-state index contributed by atoms with van der Waals surface area (Å²) in [6, 6.07) is 35.0. The molecule has 32 nitrogen and oxygen atoms in total. The second-order valence-corrected chi connectivity index (χ2v) is 27.3. The third kappa shape index (κ3) is 23.9. The maximum Gasteiger partial charge on any atom is 0.407 e. The van der Waals surface area contributed by atoms with Gasteiger partial charge in [0.05, 0.1) is 30.8 Å². The topological polar surface area (TPSA) is 477 Å². The molecule has 0 fully saturated rings. The molecule has 7 aromatic carbocycles. The highest BCUT2D eigenvalue weighted by Gasteiger charge is 2.37. The van der Waals surface area contributed by atoms with Gasteiger partial charge in [-0.05, 0) is 120 Å². The Morgan fingerprint density at radius 3 is 1.70 bits per heavy atom. The Morgan fingerprint density at radius 1 is 0.514 bits per heavy atom. The highest BCUT2D eigenvalue weighted by Crippen LogP contribution is 2.44. The summed E-state index contributed by atoms with van der Waals surface area (Å²) in [6.07, 6.45) is -3.73. The van der Waals surface area contributed by atoms with Crippen molar-refractivity contribution in [3.05, 3.63) is 186 Å². The van der Waals surface area contributed by atoms with E-state index in [0.29, 0.717) is 28.0 Å². The summed E-state index contributed by atoms with van der Waals surface area (Å²) in [7, 11) is -0.718. The lowest BCUT2D eigenvalue weighted by Gasteiger charge is -2.28.